The molecule has 1 heterocycles. The van der Waals surface area contributed by atoms with E-state index in [0.717, 1.165) is 13.1 Å². The van der Waals surface area contributed by atoms with Gasteiger partial charge in [-0.1, -0.05) is 11.6 Å². The van der Waals surface area contributed by atoms with Gasteiger partial charge >= 0.3 is 0 Å². The summed E-state index contributed by atoms with van der Waals surface area (Å²) >= 11 is 5.84. The number of ether oxygens (including phenoxy) is 1. The second-order valence-corrected chi connectivity index (χ2v) is 5.72. The van der Waals surface area contributed by atoms with Gasteiger partial charge in [-0.2, -0.15) is 0 Å². The fourth-order valence-corrected chi connectivity index (χ4v) is 2.79. The predicted octanol–water partition coefficient (Wildman–Crippen LogP) is 1.80. The first-order chi connectivity index (χ1) is 10.5. The van der Waals surface area contributed by atoms with Crippen LogP contribution in [0.4, 0.5) is 11.4 Å². The zero-order chi connectivity index (χ0) is 16.1. The molecule has 130 valence electrons. The molecule has 23 heavy (non-hydrogen) atoms. The number of piperazine rings is 1. The van der Waals surface area contributed by atoms with Crippen molar-refractivity contribution in [2.45, 2.75) is 6.10 Å². The van der Waals surface area contributed by atoms with Crippen LogP contribution in [0.1, 0.15) is 0 Å². The van der Waals surface area contributed by atoms with Gasteiger partial charge in [0.1, 0.15) is 5.69 Å². The lowest BCUT2D eigenvalue weighted by Gasteiger charge is -2.36. The number of β-amino-alcohol motifs (C(OH)–C–C–N with tert-alkyl or cyclic N) is 1. The second kappa shape index (κ2) is 9.24. The minimum absolute atomic E-state index is 0. The van der Waals surface area contributed by atoms with Gasteiger partial charge < -0.3 is 14.7 Å². The lowest BCUT2D eigenvalue weighted by Crippen LogP contribution is -2.49. The summed E-state index contributed by atoms with van der Waals surface area (Å²) in [5, 5.41) is 21.3. The summed E-state index contributed by atoms with van der Waals surface area (Å²) in [5.41, 5.74) is 0.617. The zero-order valence-electron chi connectivity index (χ0n) is 12.9. The van der Waals surface area contributed by atoms with E-state index >= 15 is 0 Å². The Kier molecular flexibility index (Phi) is 8.01. The molecule has 1 atom stereocenters. The number of anilines is 1. The number of nitro benzene ring substituents is 1. The standard InChI is InChI=1S/C14H20ClN3O4.ClH/c1-22-10-12(19)9-16-4-6-17(7-5-16)13-3-2-11(15)8-14(13)18(20)21;/h2-3,8,12,19H,4-7,9-10H2,1H3;1H. The van der Waals surface area contributed by atoms with Crippen molar-refractivity contribution in [3.8, 4) is 0 Å². The number of halogens is 2. The third-order valence-corrected chi connectivity index (χ3v) is 3.91. The normalized spacial score (nSPS) is 16.7. The first kappa shape index (κ1) is 19.9. The minimum Gasteiger partial charge on any atom is -0.389 e. The molecule has 0 spiro atoms. The molecule has 1 aromatic rings. The molecule has 0 aromatic heterocycles. The van der Waals surface area contributed by atoms with Crippen molar-refractivity contribution in [2.75, 3.05) is 51.3 Å². The molecule has 1 aliphatic heterocycles. The number of nitro groups is 1. The zero-order valence-corrected chi connectivity index (χ0v) is 14.4. The van der Waals surface area contributed by atoms with E-state index in [9.17, 15) is 15.2 Å². The lowest BCUT2D eigenvalue weighted by atomic mass is 10.2. The Bertz CT molecular complexity index is 525. The molecule has 1 unspecified atom stereocenters. The highest BCUT2D eigenvalue weighted by Gasteiger charge is 2.24. The van der Waals surface area contributed by atoms with Crippen molar-refractivity contribution < 1.29 is 14.8 Å². The molecule has 0 aliphatic carbocycles. The summed E-state index contributed by atoms with van der Waals surface area (Å²) in [6.07, 6.45) is -0.513. The van der Waals surface area contributed by atoms with Crippen LogP contribution in [0.25, 0.3) is 0 Å². The topological polar surface area (TPSA) is 79.1 Å². The lowest BCUT2D eigenvalue weighted by molar-refractivity contribution is -0.384. The van der Waals surface area contributed by atoms with Crippen LogP contribution < -0.4 is 4.90 Å². The molecule has 1 aliphatic rings. The van der Waals surface area contributed by atoms with Crippen molar-refractivity contribution >= 4 is 35.4 Å². The summed E-state index contributed by atoms with van der Waals surface area (Å²) in [7, 11) is 1.56. The Morgan fingerprint density at radius 2 is 2.04 bits per heavy atom. The molecule has 0 saturated carbocycles. The van der Waals surface area contributed by atoms with Crippen molar-refractivity contribution in [3.05, 3.63) is 33.3 Å². The summed E-state index contributed by atoms with van der Waals surface area (Å²) in [6, 6.07) is 4.74. The van der Waals surface area contributed by atoms with E-state index in [-0.39, 0.29) is 18.1 Å². The smallest absolute Gasteiger partial charge is 0.294 e. The van der Waals surface area contributed by atoms with E-state index < -0.39 is 11.0 Å². The predicted molar refractivity (Wildman–Crippen MR) is 91.9 cm³/mol. The van der Waals surface area contributed by atoms with E-state index in [0.29, 0.717) is 37.0 Å². The minimum atomic E-state index is -0.513. The molecule has 1 fully saturated rings. The number of methoxy groups -OCH3 is 1. The molecule has 7 nitrogen and oxygen atoms in total. The number of aliphatic hydroxyl groups is 1. The highest BCUT2D eigenvalue weighted by atomic mass is 35.5. The van der Waals surface area contributed by atoms with Crippen LogP contribution in [0, 0.1) is 10.1 Å². The van der Waals surface area contributed by atoms with Crippen LogP contribution in [-0.2, 0) is 4.74 Å². The summed E-state index contributed by atoms with van der Waals surface area (Å²) in [5.74, 6) is 0. The van der Waals surface area contributed by atoms with Crippen molar-refractivity contribution in [3.63, 3.8) is 0 Å². The van der Waals surface area contributed by atoms with Crippen LogP contribution in [0.15, 0.2) is 18.2 Å². The van der Waals surface area contributed by atoms with E-state index in [1.165, 1.54) is 6.07 Å². The largest absolute Gasteiger partial charge is 0.389 e. The molecule has 1 saturated heterocycles. The Balaban J connectivity index is 0.00000264. The Morgan fingerprint density at radius 1 is 1.39 bits per heavy atom. The first-order valence-electron chi connectivity index (χ1n) is 7.09. The molecule has 1 N–H and O–H groups in total. The maximum atomic E-state index is 11.2. The van der Waals surface area contributed by atoms with Crippen molar-refractivity contribution in [1.29, 1.82) is 0 Å². The van der Waals surface area contributed by atoms with Crippen LogP contribution in [0.2, 0.25) is 5.02 Å². The number of hydrogen-bond acceptors (Lipinski definition) is 6. The third-order valence-electron chi connectivity index (χ3n) is 3.68. The van der Waals surface area contributed by atoms with E-state index in [2.05, 4.69) is 4.90 Å². The highest BCUT2D eigenvalue weighted by molar-refractivity contribution is 6.30. The molecular formula is C14H21Cl2N3O4. The SMILES string of the molecule is COCC(O)CN1CCN(c2ccc(Cl)cc2[N+](=O)[O-])CC1.Cl. The quantitative estimate of drug-likeness (QED) is 0.611. The van der Waals surface area contributed by atoms with Crippen molar-refractivity contribution in [1.82, 2.24) is 4.90 Å². The van der Waals surface area contributed by atoms with Crippen LogP contribution in [-0.4, -0.2) is 67.5 Å². The summed E-state index contributed by atoms with van der Waals surface area (Å²) in [6.45, 7) is 3.67. The summed E-state index contributed by atoms with van der Waals surface area (Å²) in [4.78, 5) is 14.9. The maximum Gasteiger partial charge on any atom is 0.294 e. The van der Waals surface area contributed by atoms with E-state index in [1.807, 2.05) is 4.90 Å². The molecular weight excluding hydrogens is 345 g/mol. The van der Waals surface area contributed by atoms with Gasteiger partial charge in [0.05, 0.1) is 17.6 Å². The maximum absolute atomic E-state index is 11.2. The highest BCUT2D eigenvalue weighted by Crippen LogP contribution is 2.31. The Hall–Kier alpha value is -1.12. The number of benzene rings is 1. The number of rotatable bonds is 6. The van der Waals surface area contributed by atoms with Gasteiger partial charge in [-0.25, -0.2) is 0 Å². The van der Waals surface area contributed by atoms with Gasteiger partial charge in [-0.05, 0) is 12.1 Å². The molecule has 0 radical (unpaired) electrons. The van der Waals surface area contributed by atoms with Gasteiger partial charge in [0.2, 0.25) is 0 Å². The molecule has 2 rings (SSSR count). The molecule has 0 bridgehead atoms. The van der Waals surface area contributed by atoms with Crippen LogP contribution in [0.3, 0.4) is 0 Å². The fourth-order valence-electron chi connectivity index (χ4n) is 2.62. The van der Waals surface area contributed by atoms with Crippen LogP contribution >= 0.6 is 24.0 Å². The Morgan fingerprint density at radius 3 is 2.61 bits per heavy atom. The number of nitrogens with zero attached hydrogens (tertiary/aromatic N) is 3. The molecule has 9 heteroatoms. The number of aliphatic hydroxyl groups excluding tert-OH is 1. The second-order valence-electron chi connectivity index (χ2n) is 5.29. The third kappa shape index (κ3) is 5.47. The fraction of sp³-hybridized carbons (Fsp3) is 0.571. The van der Waals surface area contributed by atoms with E-state index in [4.69, 9.17) is 16.3 Å². The van der Waals surface area contributed by atoms with Gasteiger partial charge in [-0.3, -0.25) is 15.0 Å². The van der Waals surface area contributed by atoms with Crippen molar-refractivity contribution in [2.24, 2.45) is 0 Å². The monoisotopic (exact) mass is 365 g/mol. The Labute approximate surface area is 146 Å². The average molecular weight is 366 g/mol. The van der Waals surface area contributed by atoms with Gasteiger partial charge in [0.25, 0.3) is 5.69 Å². The van der Waals surface area contributed by atoms with Gasteiger partial charge in [0.15, 0.2) is 0 Å². The summed E-state index contributed by atoms with van der Waals surface area (Å²) < 4.78 is 4.91. The first-order valence-corrected chi connectivity index (χ1v) is 7.47. The number of hydrogen-bond donors (Lipinski definition) is 1. The molecule has 0 amide bonds. The van der Waals surface area contributed by atoms with Crippen LogP contribution in [0.5, 0.6) is 0 Å². The average Bonchev–Trinajstić information content (AvgIpc) is 2.48. The van der Waals surface area contributed by atoms with Gasteiger partial charge in [0, 0.05) is 50.9 Å². The molecule has 1 aromatic carbocycles. The van der Waals surface area contributed by atoms with E-state index in [1.54, 1.807) is 19.2 Å². The van der Waals surface area contributed by atoms with Gasteiger partial charge in [-0.15, -0.1) is 12.4 Å².